The molecule has 0 aliphatic carbocycles. The van der Waals surface area contributed by atoms with E-state index in [9.17, 15) is 8.42 Å². The highest BCUT2D eigenvalue weighted by molar-refractivity contribution is 7.89. The van der Waals surface area contributed by atoms with Crippen molar-refractivity contribution in [3.05, 3.63) is 52.7 Å². The molecule has 0 saturated heterocycles. The summed E-state index contributed by atoms with van der Waals surface area (Å²) in [5, 5.41) is 7.89. The van der Waals surface area contributed by atoms with Crippen molar-refractivity contribution in [2.75, 3.05) is 0 Å². The van der Waals surface area contributed by atoms with Gasteiger partial charge in [0.2, 0.25) is 15.9 Å². The van der Waals surface area contributed by atoms with Gasteiger partial charge < -0.3 is 8.98 Å². The Hall–Kier alpha value is -2.45. The average molecular weight is 403 g/mol. The third-order valence-corrected chi connectivity index (χ3v) is 6.85. The van der Waals surface area contributed by atoms with Crippen molar-refractivity contribution in [2.24, 2.45) is 7.05 Å². The van der Waals surface area contributed by atoms with Crippen LogP contribution in [0.2, 0.25) is 0 Å². The predicted octanol–water partition coefficient (Wildman–Crippen LogP) is 3.60. The third-order valence-electron chi connectivity index (χ3n) is 5.15. The number of aromatic nitrogens is 3. The molecule has 0 saturated carbocycles. The topological polar surface area (TPSA) is 90.0 Å². The first-order chi connectivity index (χ1) is 13.2. The number of rotatable bonds is 6. The zero-order valence-electron chi connectivity index (χ0n) is 17.1. The Labute approximate surface area is 165 Å². The molecular formula is C20H26N4O3S. The average Bonchev–Trinajstić information content (AvgIpc) is 3.18. The number of nitrogens with zero attached hydrogens (tertiary/aromatic N) is 3. The van der Waals surface area contributed by atoms with E-state index in [1.165, 1.54) is 5.56 Å². The molecule has 8 heteroatoms. The first kappa shape index (κ1) is 20.3. The van der Waals surface area contributed by atoms with E-state index in [0.29, 0.717) is 17.1 Å². The van der Waals surface area contributed by atoms with Crippen LogP contribution >= 0.6 is 0 Å². The summed E-state index contributed by atoms with van der Waals surface area (Å²) in [6.45, 7) is 9.21. The molecule has 0 bridgehead atoms. The molecule has 0 aliphatic heterocycles. The van der Waals surface area contributed by atoms with Gasteiger partial charge in [-0.05, 0) is 38.3 Å². The van der Waals surface area contributed by atoms with Gasteiger partial charge in [-0.25, -0.2) is 13.1 Å². The smallest absolute Gasteiger partial charge is 0.250 e. The number of aryl methyl sites for hydroxylation is 2. The van der Waals surface area contributed by atoms with Crippen molar-refractivity contribution in [1.29, 1.82) is 0 Å². The molecule has 1 atom stereocenters. The van der Waals surface area contributed by atoms with Crippen LogP contribution in [0.25, 0.3) is 11.5 Å². The zero-order chi connectivity index (χ0) is 20.6. The molecule has 0 aliphatic rings. The van der Waals surface area contributed by atoms with Crippen molar-refractivity contribution in [2.45, 2.75) is 52.0 Å². The highest BCUT2D eigenvalue weighted by Gasteiger charge is 2.31. The molecule has 3 rings (SSSR count). The van der Waals surface area contributed by atoms with Gasteiger partial charge in [-0.15, -0.1) is 10.2 Å². The second-order valence-corrected chi connectivity index (χ2v) is 8.65. The number of benzene rings is 1. The maximum absolute atomic E-state index is 13.3. The lowest BCUT2D eigenvalue weighted by atomic mass is 10.1. The number of hydrogen-bond acceptors (Lipinski definition) is 5. The molecule has 2 heterocycles. The Balaban J connectivity index is 2.03. The Morgan fingerprint density at radius 1 is 1.11 bits per heavy atom. The van der Waals surface area contributed by atoms with Gasteiger partial charge in [-0.2, -0.15) is 0 Å². The Kier molecular flexibility index (Phi) is 5.45. The van der Waals surface area contributed by atoms with E-state index >= 15 is 0 Å². The maximum Gasteiger partial charge on any atom is 0.250 e. The Morgan fingerprint density at radius 3 is 2.29 bits per heavy atom. The van der Waals surface area contributed by atoms with Crippen LogP contribution in [-0.4, -0.2) is 23.2 Å². The summed E-state index contributed by atoms with van der Waals surface area (Å²) in [6, 6.07) is 7.57. The monoisotopic (exact) mass is 402 g/mol. The molecule has 0 spiro atoms. The standard InChI is InChI=1S/C20H26N4O3S/c1-7-16-8-10-17(11-9-16)12(2)23-28(25,26)19-14(4)24(6)13(3)18(19)20-22-21-15(5)27-20/h8-12,23H,7H2,1-6H3/t12-/m1/s1. The fourth-order valence-corrected chi connectivity index (χ4v) is 5.05. The van der Waals surface area contributed by atoms with Crippen LogP contribution in [0.1, 0.15) is 48.3 Å². The van der Waals surface area contributed by atoms with Gasteiger partial charge in [0.25, 0.3) is 5.89 Å². The molecule has 0 radical (unpaired) electrons. The first-order valence-corrected chi connectivity index (χ1v) is 10.7. The van der Waals surface area contributed by atoms with Gasteiger partial charge >= 0.3 is 0 Å². The van der Waals surface area contributed by atoms with Crippen molar-refractivity contribution >= 4 is 10.0 Å². The summed E-state index contributed by atoms with van der Waals surface area (Å²) >= 11 is 0. The maximum atomic E-state index is 13.3. The van der Waals surface area contributed by atoms with E-state index in [0.717, 1.165) is 17.7 Å². The van der Waals surface area contributed by atoms with Crippen LogP contribution < -0.4 is 4.72 Å². The largest absolute Gasteiger partial charge is 0.421 e. The lowest BCUT2D eigenvalue weighted by Gasteiger charge is -2.16. The van der Waals surface area contributed by atoms with Crippen LogP contribution in [0, 0.1) is 20.8 Å². The third kappa shape index (κ3) is 3.62. The molecule has 0 unspecified atom stereocenters. The normalized spacial score (nSPS) is 13.1. The van der Waals surface area contributed by atoms with Crippen molar-refractivity contribution in [1.82, 2.24) is 19.5 Å². The van der Waals surface area contributed by atoms with Crippen molar-refractivity contribution in [3.8, 4) is 11.5 Å². The minimum Gasteiger partial charge on any atom is -0.421 e. The summed E-state index contributed by atoms with van der Waals surface area (Å²) in [5.74, 6) is 0.593. The highest BCUT2D eigenvalue weighted by atomic mass is 32.2. The number of hydrogen-bond donors (Lipinski definition) is 1. The lowest BCUT2D eigenvalue weighted by Crippen LogP contribution is -2.27. The van der Waals surface area contributed by atoms with E-state index in [2.05, 4.69) is 21.8 Å². The van der Waals surface area contributed by atoms with Gasteiger partial charge in [-0.3, -0.25) is 0 Å². The summed E-state index contributed by atoms with van der Waals surface area (Å²) in [7, 11) is -2.00. The molecule has 1 N–H and O–H groups in total. The van der Waals surface area contributed by atoms with Gasteiger partial charge in [0.05, 0.1) is 5.56 Å². The molecule has 1 aromatic carbocycles. The quantitative estimate of drug-likeness (QED) is 0.680. The molecular weight excluding hydrogens is 376 g/mol. The molecule has 0 fully saturated rings. The van der Waals surface area contributed by atoms with E-state index in [1.807, 2.05) is 49.7 Å². The minimum atomic E-state index is -3.82. The molecule has 0 amide bonds. The summed E-state index contributed by atoms with van der Waals surface area (Å²) < 4.78 is 36.8. The fourth-order valence-electron chi connectivity index (χ4n) is 3.30. The first-order valence-electron chi connectivity index (χ1n) is 9.23. The lowest BCUT2D eigenvalue weighted by molar-refractivity contribution is 0.529. The second-order valence-electron chi connectivity index (χ2n) is 7.00. The zero-order valence-corrected chi connectivity index (χ0v) is 17.9. The summed E-state index contributed by atoms with van der Waals surface area (Å²) in [4.78, 5) is 0.174. The SMILES string of the molecule is CCc1ccc([C@@H](C)NS(=O)(=O)c2c(-c3nnc(C)o3)c(C)n(C)c2C)cc1. The van der Waals surface area contributed by atoms with E-state index < -0.39 is 10.0 Å². The highest BCUT2D eigenvalue weighted by Crippen LogP contribution is 2.35. The summed E-state index contributed by atoms with van der Waals surface area (Å²) in [6.07, 6.45) is 0.940. The van der Waals surface area contributed by atoms with Gasteiger partial charge in [0.1, 0.15) is 4.90 Å². The molecule has 2 aromatic heterocycles. The Morgan fingerprint density at radius 2 is 1.75 bits per heavy atom. The van der Waals surface area contributed by atoms with Gasteiger partial charge in [0.15, 0.2) is 0 Å². The van der Waals surface area contributed by atoms with E-state index in [-0.39, 0.29) is 16.8 Å². The van der Waals surface area contributed by atoms with Crippen LogP contribution in [0.15, 0.2) is 33.6 Å². The number of sulfonamides is 1. The predicted molar refractivity (Wildman–Crippen MR) is 107 cm³/mol. The van der Waals surface area contributed by atoms with Gasteiger partial charge in [0, 0.05) is 31.4 Å². The van der Waals surface area contributed by atoms with E-state index in [4.69, 9.17) is 4.42 Å². The van der Waals surface area contributed by atoms with Crippen LogP contribution in [0.4, 0.5) is 0 Å². The molecule has 28 heavy (non-hydrogen) atoms. The van der Waals surface area contributed by atoms with Crippen LogP contribution in [0.5, 0.6) is 0 Å². The van der Waals surface area contributed by atoms with Crippen molar-refractivity contribution < 1.29 is 12.8 Å². The van der Waals surface area contributed by atoms with Crippen LogP contribution in [0.3, 0.4) is 0 Å². The molecule has 150 valence electrons. The second kappa shape index (κ2) is 7.52. The number of nitrogens with one attached hydrogen (secondary N) is 1. The minimum absolute atomic E-state index is 0.174. The van der Waals surface area contributed by atoms with E-state index in [1.54, 1.807) is 13.8 Å². The molecule has 3 aromatic rings. The Bertz CT molecular complexity index is 1100. The van der Waals surface area contributed by atoms with Crippen molar-refractivity contribution in [3.63, 3.8) is 0 Å². The van der Waals surface area contributed by atoms with Crippen LogP contribution in [-0.2, 0) is 23.5 Å². The summed E-state index contributed by atoms with van der Waals surface area (Å²) in [5.41, 5.74) is 3.93. The molecule has 7 nitrogen and oxygen atoms in total. The fraction of sp³-hybridized carbons (Fsp3) is 0.400. The van der Waals surface area contributed by atoms with Gasteiger partial charge in [-0.1, -0.05) is 31.2 Å².